The lowest BCUT2D eigenvalue weighted by Gasteiger charge is -2.07. The summed E-state index contributed by atoms with van der Waals surface area (Å²) < 4.78 is 0.861. The lowest BCUT2D eigenvalue weighted by molar-refractivity contribution is 0.103. The molecule has 0 aliphatic heterocycles. The van der Waals surface area contributed by atoms with Gasteiger partial charge >= 0.3 is 0 Å². The predicted octanol–water partition coefficient (Wildman–Crippen LogP) is 4.17. The Morgan fingerprint density at radius 1 is 1.25 bits per heavy atom. The molecule has 2 aromatic heterocycles. The van der Waals surface area contributed by atoms with Gasteiger partial charge in [-0.15, -0.1) is 0 Å². The van der Waals surface area contributed by atoms with E-state index in [1.165, 1.54) is 0 Å². The van der Waals surface area contributed by atoms with E-state index in [0.29, 0.717) is 5.56 Å². The van der Waals surface area contributed by atoms with Crippen molar-refractivity contribution in [3.05, 3.63) is 63.4 Å². The summed E-state index contributed by atoms with van der Waals surface area (Å²) in [6, 6.07) is 7.81. The van der Waals surface area contributed by atoms with Crippen LogP contribution in [0.15, 0.2) is 41.1 Å². The molecule has 0 bridgehead atoms. The smallest absolute Gasteiger partial charge is 0.195 e. The Morgan fingerprint density at radius 3 is 2.65 bits per heavy atom. The van der Waals surface area contributed by atoms with Crippen molar-refractivity contribution in [2.75, 3.05) is 0 Å². The van der Waals surface area contributed by atoms with E-state index in [2.05, 4.69) is 25.9 Å². The molecular weight excluding hydrogens is 316 g/mol. The number of hydrogen-bond donors (Lipinski definition) is 1. The van der Waals surface area contributed by atoms with Crippen LogP contribution in [0.1, 0.15) is 27.0 Å². The topological polar surface area (TPSA) is 45.8 Å². The minimum atomic E-state index is 0.0340. The second-order valence-electron chi connectivity index (χ2n) is 4.85. The Balaban J connectivity index is 2.21. The number of aryl methyl sites for hydroxylation is 2. The van der Waals surface area contributed by atoms with Crippen molar-refractivity contribution in [2.45, 2.75) is 13.8 Å². The van der Waals surface area contributed by atoms with Crippen molar-refractivity contribution in [3.63, 3.8) is 0 Å². The maximum atomic E-state index is 12.8. The summed E-state index contributed by atoms with van der Waals surface area (Å²) in [5.74, 6) is 0.0340. The van der Waals surface area contributed by atoms with Gasteiger partial charge in [0.2, 0.25) is 0 Å². The van der Waals surface area contributed by atoms with Crippen LogP contribution in [0.25, 0.3) is 11.0 Å². The number of hydrogen-bond acceptors (Lipinski definition) is 2. The highest BCUT2D eigenvalue weighted by Crippen LogP contribution is 2.25. The van der Waals surface area contributed by atoms with Crippen molar-refractivity contribution in [1.29, 1.82) is 0 Å². The third kappa shape index (κ3) is 2.06. The van der Waals surface area contributed by atoms with Crippen LogP contribution in [0, 0.1) is 13.8 Å². The number of ketones is 1. The van der Waals surface area contributed by atoms with Crippen LogP contribution < -0.4 is 0 Å². The first-order chi connectivity index (χ1) is 9.58. The van der Waals surface area contributed by atoms with Crippen LogP contribution in [0.4, 0.5) is 0 Å². The normalized spacial score (nSPS) is 10.9. The highest BCUT2D eigenvalue weighted by Gasteiger charge is 2.18. The number of nitrogens with one attached hydrogen (secondary N) is 1. The van der Waals surface area contributed by atoms with E-state index in [9.17, 15) is 4.79 Å². The second-order valence-corrected chi connectivity index (χ2v) is 5.76. The molecular formula is C16H13BrN2O. The van der Waals surface area contributed by atoms with Gasteiger partial charge in [0, 0.05) is 33.4 Å². The van der Waals surface area contributed by atoms with Crippen molar-refractivity contribution >= 4 is 32.7 Å². The first-order valence-corrected chi connectivity index (χ1v) is 7.11. The zero-order chi connectivity index (χ0) is 14.3. The van der Waals surface area contributed by atoms with Crippen LogP contribution in [0.2, 0.25) is 0 Å². The van der Waals surface area contributed by atoms with Gasteiger partial charge in [0.15, 0.2) is 5.78 Å². The van der Waals surface area contributed by atoms with Crippen molar-refractivity contribution in [3.8, 4) is 0 Å². The van der Waals surface area contributed by atoms with Gasteiger partial charge in [-0.05, 0) is 47.0 Å². The molecule has 0 radical (unpaired) electrons. The summed E-state index contributed by atoms with van der Waals surface area (Å²) in [5, 5.41) is 0.840. The number of halogens is 1. The highest BCUT2D eigenvalue weighted by atomic mass is 79.9. The number of rotatable bonds is 2. The number of aromatic amines is 1. The number of nitrogens with zero attached hydrogens (tertiary/aromatic N) is 1. The van der Waals surface area contributed by atoms with Crippen molar-refractivity contribution in [1.82, 2.24) is 9.97 Å². The van der Waals surface area contributed by atoms with Crippen LogP contribution in [0.5, 0.6) is 0 Å². The summed E-state index contributed by atoms with van der Waals surface area (Å²) in [7, 11) is 0. The van der Waals surface area contributed by atoms with E-state index in [-0.39, 0.29) is 5.78 Å². The third-order valence-electron chi connectivity index (χ3n) is 3.45. The molecule has 0 aliphatic rings. The molecule has 0 unspecified atom stereocenters. The molecule has 3 rings (SSSR count). The zero-order valence-electron chi connectivity index (χ0n) is 11.2. The predicted molar refractivity (Wildman–Crippen MR) is 83.1 cm³/mol. The maximum Gasteiger partial charge on any atom is 0.195 e. The first kappa shape index (κ1) is 13.1. The summed E-state index contributed by atoms with van der Waals surface area (Å²) >= 11 is 3.40. The Hall–Kier alpha value is -1.94. The van der Waals surface area contributed by atoms with Gasteiger partial charge in [-0.2, -0.15) is 0 Å². The fraction of sp³-hybridized carbons (Fsp3) is 0.125. The number of carbonyl (C=O) groups is 1. The molecule has 0 atom stereocenters. The molecule has 0 aliphatic carbocycles. The summed E-state index contributed by atoms with van der Waals surface area (Å²) in [6.07, 6.45) is 3.45. The molecule has 1 aromatic carbocycles. The molecule has 0 spiro atoms. The minimum absolute atomic E-state index is 0.0340. The lowest BCUT2D eigenvalue weighted by Crippen LogP contribution is -2.05. The Morgan fingerprint density at radius 2 is 1.95 bits per heavy atom. The van der Waals surface area contributed by atoms with Crippen LogP contribution in [-0.2, 0) is 0 Å². The van der Waals surface area contributed by atoms with Crippen molar-refractivity contribution in [2.24, 2.45) is 0 Å². The van der Waals surface area contributed by atoms with Gasteiger partial charge in [0.05, 0.1) is 0 Å². The van der Waals surface area contributed by atoms with Gasteiger partial charge in [-0.3, -0.25) is 4.79 Å². The molecule has 20 heavy (non-hydrogen) atoms. The summed E-state index contributed by atoms with van der Waals surface area (Å²) in [6.45, 7) is 3.92. The number of benzene rings is 1. The van der Waals surface area contributed by atoms with Gasteiger partial charge < -0.3 is 4.98 Å². The van der Waals surface area contributed by atoms with E-state index < -0.39 is 0 Å². The number of aromatic nitrogens is 2. The Labute approximate surface area is 125 Å². The molecule has 1 N–H and O–H groups in total. The molecule has 0 amide bonds. The first-order valence-electron chi connectivity index (χ1n) is 6.31. The highest BCUT2D eigenvalue weighted by molar-refractivity contribution is 9.10. The van der Waals surface area contributed by atoms with Gasteiger partial charge in [0.25, 0.3) is 0 Å². The molecule has 0 saturated heterocycles. The largest absolute Gasteiger partial charge is 0.345 e. The summed E-state index contributed by atoms with van der Waals surface area (Å²) in [4.78, 5) is 20.1. The van der Waals surface area contributed by atoms with Crippen LogP contribution in [0.3, 0.4) is 0 Å². The Kier molecular flexibility index (Phi) is 3.18. The van der Waals surface area contributed by atoms with E-state index in [1.54, 1.807) is 12.4 Å². The summed E-state index contributed by atoms with van der Waals surface area (Å²) in [5.41, 5.74) is 4.14. The molecule has 2 heterocycles. The molecule has 4 heteroatoms. The van der Waals surface area contributed by atoms with Crippen molar-refractivity contribution < 1.29 is 4.79 Å². The average molecular weight is 329 g/mol. The quantitative estimate of drug-likeness (QED) is 0.717. The number of carbonyl (C=O) groups excluding carboxylic acids is 1. The monoisotopic (exact) mass is 328 g/mol. The number of H-pyrrole nitrogens is 1. The van der Waals surface area contributed by atoms with Crippen LogP contribution >= 0.6 is 15.9 Å². The fourth-order valence-electron chi connectivity index (χ4n) is 2.47. The molecule has 3 aromatic rings. The lowest BCUT2D eigenvalue weighted by atomic mass is 9.95. The molecule has 3 nitrogen and oxygen atoms in total. The fourth-order valence-corrected chi connectivity index (χ4v) is 2.80. The number of fused-ring (bicyclic) bond motifs is 1. The van der Waals surface area contributed by atoms with Crippen LogP contribution in [-0.4, -0.2) is 15.8 Å². The van der Waals surface area contributed by atoms with E-state index in [0.717, 1.165) is 32.2 Å². The SMILES string of the molecule is Cc1cccc(C)c1C(=O)c1c[nH]c2ncc(Br)cc12. The van der Waals surface area contributed by atoms with E-state index in [4.69, 9.17) is 0 Å². The second kappa shape index (κ2) is 4.87. The van der Waals surface area contributed by atoms with Gasteiger partial charge in [-0.1, -0.05) is 18.2 Å². The molecule has 100 valence electrons. The maximum absolute atomic E-state index is 12.8. The number of pyridine rings is 1. The molecule has 0 saturated carbocycles. The third-order valence-corrected chi connectivity index (χ3v) is 3.88. The minimum Gasteiger partial charge on any atom is -0.345 e. The van der Waals surface area contributed by atoms with E-state index >= 15 is 0 Å². The molecule has 0 fully saturated rings. The average Bonchev–Trinajstić information content (AvgIpc) is 2.81. The van der Waals surface area contributed by atoms with E-state index in [1.807, 2.05) is 38.1 Å². The zero-order valence-corrected chi connectivity index (χ0v) is 12.8. The standard InChI is InChI=1S/C16H13BrN2O/c1-9-4-3-5-10(2)14(9)15(20)13-8-19-16-12(13)6-11(17)7-18-16/h3-8H,1-2H3,(H,18,19). The van der Waals surface area contributed by atoms with Gasteiger partial charge in [-0.25, -0.2) is 4.98 Å². The Bertz CT molecular complexity index is 800. The van der Waals surface area contributed by atoms with Gasteiger partial charge in [0.1, 0.15) is 5.65 Å².